The fourth-order valence-electron chi connectivity index (χ4n) is 3.47. The van der Waals surface area contributed by atoms with E-state index in [9.17, 15) is 26.3 Å². The van der Waals surface area contributed by atoms with Gasteiger partial charge in [0.05, 0.1) is 22.2 Å². The minimum atomic E-state index is -4.89. The van der Waals surface area contributed by atoms with Gasteiger partial charge in [-0.1, -0.05) is 12.1 Å². The van der Waals surface area contributed by atoms with E-state index < -0.39 is 23.5 Å². The molecule has 0 saturated carbocycles. The Balaban J connectivity index is 1.35. The summed E-state index contributed by atoms with van der Waals surface area (Å²) in [7, 11) is 0. The zero-order valence-corrected chi connectivity index (χ0v) is 16.6. The molecule has 4 rings (SSSR count). The minimum Gasteiger partial charge on any atom is -0.357 e. The van der Waals surface area contributed by atoms with Crippen molar-refractivity contribution >= 4 is 27.9 Å². The number of fused-ring (bicyclic) bond motifs is 2. The summed E-state index contributed by atoms with van der Waals surface area (Å²) in [5.74, 6) is 0.641. The molecule has 4 aromatic rings. The summed E-state index contributed by atoms with van der Waals surface area (Å²) in [4.78, 5) is 10.2. The highest BCUT2D eigenvalue weighted by Crippen LogP contribution is 2.40. The molecule has 0 bridgehead atoms. The lowest BCUT2D eigenvalue weighted by atomic mass is 10.0. The van der Waals surface area contributed by atoms with Crippen molar-refractivity contribution in [2.45, 2.75) is 25.3 Å². The summed E-state index contributed by atoms with van der Waals surface area (Å²) >= 11 is 0. The Kier molecular flexibility index (Phi) is 5.76. The standard InChI is InChI=1S/C21H19F6N5/c22-20(23,24)12-8-15(21(25,26)27)14-10-13(30-18(14)9-12)11-28-6-3-7-29-19-31-16-4-1-2-5-17(16)32-19/h1-2,4-5,8-10,28,30H,3,6-7,11H2,(H2,29,31,32). The van der Waals surface area contributed by atoms with E-state index in [-0.39, 0.29) is 23.5 Å². The van der Waals surface area contributed by atoms with Gasteiger partial charge in [0.1, 0.15) is 0 Å². The van der Waals surface area contributed by atoms with Crippen molar-refractivity contribution in [2.75, 3.05) is 18.4 Å². The van der Waals surface area contributed by atoms with Crippen molar-refractivity contribution in [3.63, 3.8) is 0 Å². The third-order valence-corrected chi connectivity index (χ3v) is 4.95. The van der Waals surface area contributed by atoms with Crippen molar-refractivity contribution < 1.29 is 26.3 Å². The SMILES string of the molecule is FC(F)(F)c1cc(C(F)(F)F)c2cc(CNCCCNc3nc4ccccc4[nH]3)[nH]c2c1. The smallest absolute Gasteiger partial charge is 0.357 e. The van der Waals surface area contributed by atoms with Gasteiger partial charge in [-0.15, -0.1) is 0 Å². The van der Waals surface area contributed by atoms with Gasteiger partial charge in [0, 0.05) is 29.7 Å². The van der Waals surface area contributed by atoms with Crippen LogP contribution >= 0.6 is 0 Å². The number of aromatic nitrogens is 3. The number of imidazole rings is 1. The second kappa shape index (κ2) is 8.38. The van der Waals surface area contributed by atoms with Crippen molar-refractivity contribution in [2.24, 2.45) is 0 Å². The Bertz CT molecular complexity index is 1190. The van der Waals surface area contributed by atoms with Crippen molar-refractivity contribution in [1.29, 1.82) is 0 Å². The van der Waals surface area contributed by atoms with E-state index in [1.807, 2.05) is 24.3 Å². The van der Waals surface area contributed by atoms with E-state index in [1.54, 1.807) is 0 Å². The van der Waals surface area contributed by atoms with Crippen LogP contribution in [0.15, 0.2) is 42.5 Å². The third kappa shape index (κ3) is 4.82. The molecular formula is C21H19F6N5. The molecule has 2 aromatic carbocycles. The summed E-state index contributed by atoms with van der Waals surface area (Å²) in [6, 6.07) is 9.68. The topological polar surface area (TPSA) is 68.5 Å². The maximum Gasteiger partial charge on any atom is 0.417 e. The summed E-state index contributed by atoms with van der Waals surface area (Å²) in [6.07, 6.45) is -9.07. The van der Waals surface area contributed by atoms with Crippen LogP contribution in [-0.2, 0) is 18.9 Å². The molecule has 11 heteroatoms. The van der Waals surface area contributed by atoms with E-state index in [1.165, 1.54) is 6.07 Å². The number of anilines is 1. The Morgan fingerprint density at radius 3 is 2.34 bits per heavy atom. The fraction of sp³-hybridized carbons (Fsp3) is 0.286. The molecule has 170 valence electrons. The third-order valence-electron chi connectivity index (χ3n) is 4.95. The minimum absolute atomic E-state index is 0.150. The van der Waals surface area contributed by atoms with Crippen LogP contribution in [0.4, 0.5) is 32.3 Å². The van der Waals surface area contributed by atoms with Crippen molar-refractivity contribution in [3.05, 3.63) is 59.3 Å². The first kappa shape index (κ1) is 22.0. The monoisotopic (exact) mass is 455 g/mol. The van der Waals surface area contributed by atoms with Crippen LogP contribution in [0.2, 0.25) is 0 Å². The second-order valence-corrected chi connectivity index (χ2v) is 7.33. The van der Waals surface area contributed by atoms with Crippen LogP contribution in [0.5, 0.6) is 0 Å². The molecule has 2 heterocycles. The van der Waals surface area contributed by atoms with E-state index >= 15 is 0 Å². The van der Waals surface area contributed by atoms with E-state index in [4.69, 9.17) is 0 Å². The van der Waals surface area contributed by atoms with Gasteiger partial charge in [-0.3, -0.25) is 0 Å². The van der Waals surface area contributed by atoms with Crippen LogP contribution < -0.4 is 10.6 Å². The zero-order valence-electron chi connectivity index (χ0n) is 16.6. The normalized spacial score (nSPS) is 12.7. The Morgan fingerprint density at radius 1 is 0.844 bits per heavy atom. The van der Waals surface area contributed by atoms with Crippen LogP contribution in [0.3, 0.4) is 0 Å². The maximum absolute atomic E-state index is 13.3. The van der Waals surface area contributed by atoms with Crippen LogP contribution in [0.1, 0.15) is 23.2 Å². The Labute approximate surface area is 178 Å². The summed E-state index contributed by atoms with van der Waals surface area (Å²) in [5.41, 5.74) is -0.710. The fourth-order valence-corrected chi connectivity index (χ4v) is 3.47. The molecule has 0 spiro atoms. The van der Waals surface area contributed by atoms with Crippen molar-refractivity contribution in [3.8, 4) is 0 Å². The van der Waals surface area contributed by atoms with Gasteiger partial charge in [-0.2, -0.15) is 26.3 Å². The number of nitrogens with zero attached hydrogens (tertiary/aromatic N) is 1. The summed E-state index contributed by atoms with van der Waals surface area (Å²) in [6.45, 7) is 1.34. The number of alkyl halides is 6. The molecule has 0 radical (unpaired) electrons. The molecule has 0 unspecified atom stereocenters. The molecule has 32 heavy (non-hydrogen) atoms. The second-order valence-electron chi connectivity index (χ2n) is 7.33. The quantitative estimate of drug-likeness (QED) is 0.214. The highest BCUT2D eigenvalue weighted by atomic mass is 19.4. The number of hydrogen-bond donors (Lipinski definition) is 4. The number of H-pyrrole nitrogens is 2. The van der Waals surface area contributed by atoms with Gasteiger partial charge in [0.2, 0.25) is 5.95 Å². The number of para-hydroxylation sites is 2. The first-order chi connectivity index (χ1) is 15.1. The molecule has 0 aliphatic rings. The molecule has 0 saturated heterocycles. The molecule has 0 aliphatic heterocycles. The van der Waals surface area contributed by atoms with Crippen LogP contribution in [0, 0.1) is 0 Å². The molecule has 0 amide bonds. The van der Waals surface area contributed by atoms with E-state index in [2.05, 4.69) is 25.6 Å². The lowest BCUT2D eigenvalue weighted by molar-refractivity contribution is -0.142. The maximum atomic E-state index is 13.3. The molecular weight excluding hydrogens is 436 g/mol. The lowest BCUT2D eigenvalue weighted by Gasteiger charge is -2.12. The first-order valence-electron chi connectivity index (χ1n) is 9.80. The summed E-state index contributed by atoms with van der Waals surface area (Å²) < 4.78 is 78.8. The zero-order chi connectivity index (χ0) is 22.9. The van der Waals surface area contributed by atoms with Crippen LogP contribution in [0.25, 0.3) is 21.9 Å². The number of halogens is 6. The Morgan fingerprint density at radius 2 is 1.62 bits per heavy atom. The average molecular weight is 455 g/mol. The lowest BCUT2D eigenvalue weighted by Crippen LogP contribution is -2.18. The predicted molar refractivity (Wildman–Crippen MR) is 109 cm³/mol. The number of nitrogens with one attached hydrogen (secondary N) is 4. The van der Waals surface area contributed by atoms with E-state index in [0.29, 0.717) is 37.2 Å². The molecule has 0 aliphatic carbocycles. The van der Waals surface area contributed by atoms with Gasteiger partial charge < -0.3 is 20.6 Å². The van der Waals surface area contributed by atoms with Crippen LogP contribution in [-0.4, -0.2) is 28.0 Å². The van der Waals surface area contributed by atoms with Gasteiger partial charge in [-0.05, 0) is 43.3 Å². The number of benzene rings is 2. The molecule has 2 aromatic heterocycles. The van der Waals surface area contributed by atoms with Gasteiger partial charge in [0.25, 0.3) is 0 Å². The largest absolute Gasteiger partial charge is 0.417 e. The number of hydrogen-bond acceptors (Lipinski definition) is 3. The van der Waals surface area contributed by atoms with Crippen molar-refractivity contribution in [1.82, 2.24) is 20.3 Å². The first-order valence-corrected chi connectivity index (χ1v) is 9.80. The predicted octanol–water partition coefficient (Wildman–Crippen LogP) is 5.67. The highest BCUT2D eigenvalue weighted by Gasteiger charge is 2.38. The number of rotatable bonds is 7. The van der Waals surface area contributed by atoms with Gasteiger partial charge >= 0.3 is 12.4 Å². The van der Waals surface area contributed by atoms with Gasteiger partial charge in [0.15, 0.2) is 0 Å². The Hall–Kier alpha value is -3.21. The molecule has 5 nitrogen and oxygen atoms in total. The average Bonchev–Trinajstić information content (AvgIpc) is 3.31. The van der Waals surface area contributed by atoms with E-state index in [0.717, 1.165) is 11.0 Å². The summed E-state index contributed by atoms with van der Waals surface area (Å²) in [5, 5.41) is 5.94. The molecule has 4 N–H and O–H groups in total. The number of aromatic amines is 2. The molecule has 0 atom stereocenters. The van der Waals surface area contributed by atoms with Gasteiger partial charge in [-0.25, -0.2) is 4.98 Å². The highest BCUT2D eigenvalue weighted by molar-refractivity contribution is 5.85. The molecule has 0 fully saturated rings.